The van der Waals surface area contributed by atoms with Crippen LogP contribution in [0.25, 0.3) is 0 Å². The lowest BCUT2D eigenvalue weighted by molar-refractivity contribution is -0.121. The molecule has 0 unspecified atom stereocenters. The number of hydrogen-bond acceptors (Lipinski definition) is 5. The summed E-state index contributed by atoms with van der Waals surface area (Å²) in [5.74, 6) is 0.134. The molecule has 32 heavy (non-hydrogen) atoms. The van der Waals surface area contributed by atoms with Gasteiger partial charge >= 0.3 is 0 Å². The first-order chi connectivity index (χ1) is 15.5. The van der Waals surface area contributed by atoms with Crippen LogP contribution in [0.15, 0.2) is 42.6 Å². The Hall–Kier alpha value is -3.26. The summed E-state index contributed by atoms with van der Waals surface area (Å²) in [4.78, 5) is 43.8. The Kier molecular flexibility index (Phi) is 6.80. The van der Waals surface area contributed by atoms with Crippen molar-refractivity contribution < 1.29 is 14.4 Å². The molecule has 168 valence electrons. The SMILES string of the molecule is Cc1ccnc(NC(=O)C2CCN(CC(=O)Nc3ccccc3C(=O)NC3CC3)CC2)c1. The van der Waals surface area contributed by atoms with Gasteiger partial charge in [0.2, 0.25) is 11.8 Å². The van der Waals surface area contributed by atoms with Gasteiger partial charge in [-0.25, -0.2) is 4.98 Å². The van der Waals surface area contributed by atoms with Crippen LogP contribution in [0.3, 0.4) is 0 Å². The maximum Gasteiger partial charge on any atom is 0.253 e. The zero-order valence-electron chi connectivity index (χ0n) is 18.3. The molecule has 3 N–H and O–H groups in total. The summed E-state index contributed by atoms with van der Waals surface area (Å²) in [7, 11) is 0. The van der Waals surface area contributed by atoms with Crippen molar-refractivity contribution in [2.75, 3.05) is 30.3 Å². The third-order valence-corrected chi connectivity index (χ3v) is 5.85. The predicted molar refractivity (Wildman–Crippen MR) is 122 cm³/mol. The summed E-state index contributed by atoms with van der Waals surface area (Å²) in [6.45, 7) is 3.51. The number of aromatic nitrogens is 1. The number of para-hydroxylation sites is 1. The van der Waals surface area contributed by atoms with Gasteiger partial charge in [0.15, 0.2) is 0 Å². The van der Waals surface area contributed by atoms with Gasteiger partial charge in [0.05, 0.1) is 17.8 Å². The third-order valence-electron chi connectivity index (χ3n) is 5.85. The second-order valence-corrected chi connectivity index (χ2v) is 8.60. The summed E-state index contributed by atoms with van der Waals surface area (Å²) in [6, 6.07) is 11.1. The molecule has 2 heterocycles. The normalized spacial score (nSPS) is 16.9. The molecule has 3 amide bonds. The molecule has 2 aliphatic rings. The van der Waals surface area contributed by atoms with E-state index in [1.165, 1.54) is 0 Å². The molecule has 2 aromatic rings. The molecule has 0 spiro atoms. The smallest absolute Gasteiger partial charge is 0.253 e. The van der Waals surface area contributed by atoms with Crippen molar-refractivity contribution in [1.82, 2.24) is 15.2 Å². The fraction of sp³-hybridized carbons (Fsp3) is 0.417. The van der Waals surface area contributed by atoms with Crippen molar-refractivity contribution in [2.45, 2.75) is 38.6 Å². The molecular weight excluding hydrogens is 406 g/mol. The highest BCUT2D eigenvalue weighted by Crippen LogP contribution is 2.22. The van der Waals surface area contributed by atoms with Crippen molar-refractivity contribution in [3.05, 3.63) is 53.7 Å². The van der Waals surface area contributed by atoms with Crippen LogP contribution in [-0.4, -0.2) is 53.3 Å². The van der Waals surface area contributed by atoms with Crippen molar-refractivity contribution in [3.8, 4) is 0 Å². The van der Waals surface area contributed by atoms with Crippen molar-refractivity contribution in [1.29, 1.82) is 0 Å². The summed E-state index contributed by atoms with van der Waals surface area (Å²) >= 11 is 0. The number of hydrogen-bond donors (Lipinski definition) is 3. The Morgan fingerprint density at radius 3 is 2.50 bits per heavy atom. The Labute approximate surface area is 187 Å². The van der Waals surface area contributed by atoms with Crippen molar-refractivity contribution in [3.63, 3.8) is 0 Å². The Bertz CT molecular complexity index is 997. The van der Waals surface area contributed by atoms with E-state index < -0.39 is 0 Å². The Balaban J connectivity index is 1.25. The van der Waals surface area contributed by atoms with Crippen molar-refractivity contribution in [2.24, 2.45) is 5.92 Å². The number of aryl methyl sites for hydroxylation is 1. The first kappa shape index (κ1) is 22.0. The number of amides is 3. The Morgan fingerprint density at radius 2 is 1.78 bits per heavy atom. The number of carbonyl (C=O) groups excluding carboxylic acids is 3. The van der Waals surface area contributed by atoms with Gasteiger partial charge < -0.3 is 16.0 Å². The minimum atomic E-state index is -0.163. The highest BCUT2D eigenvalue weighted by Gasteiger charge is 2.27. The van der Waals surface area contributed by atoms with Crippen LogP contribution in [0, 0.1) is 12.8 Å². The van der Waals surface area contributed by atoms with Gasteiger partial charge in [0, 0.05) is 18.2 Å². The molecule has 0 atom stereocenters. The van der Waals surface area contributed by atoms with E-state index in [9.17, 15) is 14.4 Å². The van der Waals surface area contributed by atoms with Gasteiger partial charge in [-0.3, -0.25) is 19.3 Å². The standard InChI is InChI=1S/C24H29N5O3/c1-16-8-11-25-21(14-16)28-23(31)17-9-12-29(13-10-17)15-22(30)27-20-5-3-2-4-19(20)24(32)26-18-6-7-18/h2-5,8,11,14,17-18H,6-7,9-10,12-13,15H2,1H3,(H,26,32)(H,27,30)(H,25,28,31). The number of likely N-dealkylation sites (tertiary alicyclic amines) is 1. The molecule has 8 heteroatoms. The number of piperidine rings is 1. The first-order valence-electron chi connectivity index (χ1n) is 11.1. The number of carbonyl (C=O) groups is 3. The second kappa shape index (κ2) is 9.91. The summed E-state index contributed by atoms with van der Waals surface area (Å²) in [5.41, 5.74) is 2.05. The van der Waals surface area contributed by atoms with Gasteiger partial charge in [-0.15, -0.1) is 0 Å². The molecular formula is C24H29N5O3. The van der Waals surface area contributed by atoms with E-state index >= 15 is 0 Å². The van der Waals surface area contributed by atoms with E-state index in [1.54, 1.807) is 30.5 Å². The zero-order valence-corrected chi connectivity index (χ0v) is 18.3. The third kappa shape index (κ3) is 5.91. The van der Waals surface area contributed by atoms with Gasteiger partial charge in [0.1, 0.15) is 5.82 Å². The highest BCUT2D eigenvalue weighted by atomic mass is 16.2. The van der Waals surface area contributed by atoms with E-state index in [4.69, 9.17) is 0 Å². The fourth-order valence-electron chi connectivity index (χ4n) is 3.86. The number of nitrogens with one attached hydrogen (secondary N) is 3. The number of pyridine rings is 1. The first-order valence-corrected chi connectivity index (χ1v) is 11.1. The van der Waals surface area contributed by atoms with Crippen LogP contribution in [0.1, 0.15) is 41.6 Å². The van der Waals surface area contributed by atoms with Crippen LogP contribution in [0.2, 0.25) is 0 Å². The summed E-state index contributed by atoms with van der Waals surface area (Å²) in [5, 5.41) is 8.72. The molecule has 1 aromatic carbocycles. The van der Waals surface area contributed by atoms with Crippen LogP contribution >= 0.6 is 0 Å². The number of anilines is 2. The predicted octanol–water partition coefficient (Wildman–Crippen LogP) is 2.57. The van der Waals surface area contributed by atoms with Crippen LogP contribution < -0.4 is 16.0 Å². The molecule has 1 aliphatic carbocycles. The molecule has 2 fully saturated rings. The molecule has 8 nitrogen and oxygen atoms in total. The zero-order chi connectivity index (χ0) is 22.5. The van der Waals surface area contributed by atoms with Crippen molar-refractivity contribution >= 4 is 29.2 Å². The molecule has 1 saturated carbocycles. The quantitative estimate of drug-likeness (QED) is 0.620. The van der Waals surface area contributed by atoms with Crippen LogP contribution in [0.4, 0.5) is 11.5 Å². The minimum absolute atomic E-state index is 0.0252. The average Bonchev–Trinajstić information content (AvgIpc) is 3.58. The molecule has 1 saturated heterocycles. The molecule has 0 radical (unpaired) electrons. The van der Waals surface area contributed by atoms with Gasteiger partial charge in [-0.2, -0.15) is 0 Å². The highest BCUT2D eigenvalue weighted by molar-refractivity contribution is 6.04. The topological polar surface area (TPSA) is 103 Å². The van der Waals surface area contributed by atoms with E-state index in [0.29, 0.717) is 43.0 Å². The van der Waals surface area contributed by atoms with E-state index in [-0.39, 0.29) is 36.2 Å². The second-order valence-electron chi connectivity index (χ2n) is 8.60. The van der Waals surface area contributed by atoms with Gasteiger partial charge in [-0.05, 0) is 75.5 Å². The molecule has 4 rings (SSSR count). The van der Waals surface area contributed by atoms with E-state index in [1.807, 2.05) is 24.0 Å². The Morgan fingerprint density at radius 1 is 1.03 bits per heavy atom. The maximum atomic E-state index is 12.6. The maximum absolute atomic E-state index is 12.6. The van der Waals surface area contributed by atoms with Gasteiger partial charge in [0.25, 0.3) is 5.91 Å². The largest absolute Gasteiger partial charge is 0.349 e. The monoisotopic (exact) mass is 435 g/mol. The summed E-state index contributed by atoms with van der Waals surface area (Å²) < 4.78 is 0. The van der Waals surface area contributed by atoms with Crippen LogP contribution in [-0.2, 0) is 9.59 Å². The fourth-order valence-corrected chi connectivity index (χ4v) is 3.86. The molecule has 1 aromatic heterocycles. The number of benzene rings is 1. The number of nitrogens with zero attached hydrogens (tertiary/aromatic N) is 2. The van der Waals surface area contributed by atoms with E-state index in [2.05, 4.69) is 20.9 Å². The molecule has 1 aliphatic heterocycles. The average molecular weight is 436 g/mol. The molecule has 0 bridgehead atoms. The number of rotatable bonds is 7. The van der Waals surface area contributed by atoms with E-state index in [0.717, 1.165) is 18.4 Å². The minimum Gasteiger partial charge on any atom is -0.349 e. The lowest BCUT2D eigenvalue weighted by atomic mass is 9.96. The lowest BCUT2D eigenvalue weighted by Gasteiger charge is -2.30. The summed E-state index contributed by atoms with van der Waals surface area (Å²) in [6.07, 6.45) is 5.07. The lowest BCUT2D eigenvalue weighted by Crippen LogP contribution is -2.42. The van der Waals surface area contributed by atoms with Crippen LogP contribution in [0.5, 0.6) is 0 Å². The van der Waals surface area contributed by atoms with Gasteiger partial charge in [-0.1, -0.05) is 12.1 Å².